The number of nitrogens with zero attached hydrogens (tertiary/aromatic N) is 1. The number of fused-ring (bicyclic) bond motifs is 1. The van der Waals surface area contributed by atoms with Crippen molar-refractivity contribution in [2.45, 2.75) is 12.5 Å². The van der Waals surface area contributed by atoms with Gasteiger partial charge in [-0.15, -0.1) is 0 Å². The van der Waals surface area contributed by atoms with Gasteiger partial charge in [0, 0.05) is 6.42 Å². The number of hydrogen-bond donors (Lipinski definition) is 2. The molecule has 2 heterocycles. The van der Waals surface area contributed by atoms with E-state index in [2.05, 4.69) is 4.98 Å². The van der Waals surface area contributed by atoms with Gasteiger partial charge in [-0.2, -0.15) is 5.26 Å². The van der Waals surface area contributed by atoms with Crippen LogP contribution in [0.25, 0.3) is 0 Å². The van der Waals surface area contributed by atoms with Gasteiger partial charge in [0.05, 0.1) is 18.4 Å². The summed E-state index contributed by atoms with van der Waals surface area (Å²) in [5, 5.41) is 9.09. The quantitative estimate of drug-likeness (QED) is 0.867. The van der Waals surface area contributed by atoms with E-state index >= 15 is 0 Å². The summed E-state index contributed by atoms with van der Waals surface area (Å²) in [6.07, 6.45) is 0.363. The highest BCUT2D eigenvalue weighted by atomic mass is 16.5. The van der Waals surface area contributed by atoms with Gasteiger partial charge in [0.25, 0.3) is 11.7 Å². The minimum atomic E-state index is -0.195. The zero-order valence-corrected chi connectivity index (χ0v) is 12.6. The Morgan fingerprint density at radius 2 is 2.00 bits per heavy atom. The number of pyridine rings is 1. The second kappa shape index (κ2) is 5.93. The molecule has 7 heteroatoms. The highest BCUT2D eigenvalue weighted by Crippen LogP contribution is 2.33. The van der Waals surface area contributed by atoms with E-state index in [0.29, 0.717) is 24.6 Å². The third-order valence-electron chi connectivity index (χ3n) is 3.71. The Bertz CT molecular complexity index is 768. The SMILES string of the molecule is COc1ccc(OC[C@@H]2Cc3c([nH+]c(N)c(C#N)c3N)O2)cc1. The van der Waals surface area contributed by atoms with Crippen LogP contribution in [0, 0.1) is 11.3 Å². The van der Waals surface area contributed by atoms with Crippen LogP contribution in [0.15, 0.2) is 24.3 Å². The van der Waals surface area contributed by atoms with Crippen LogP contribution in [0.5, 0.6) is 17.4 Å². The molecule has 1 atom stereocenters. The number of H-pyrrole nitrogens is 1. The Balaban J connectivity index is 1.68. The maximum atomic E-state index is 9.09. The van der Waals surface area contributed by atoms with E-state index in [-0.39, 0.29) is 17.5 Å². The van der Waals surface area contributed by atoms with Crippen LogP contribution in [0.4, 0.5) is 11.5 Å². The Morgan fingerprint density at radius 1 is 1.30 bits per heavy atom. The number of aromatic amines is 1. The number of ether oxygens (including phenoxy) is 3. The summed E-state index contributed by atoms with van der Waals surface area (Å²) in [6.45, 7) is 0.357. The summed E-state index contributed by atoms with van der Waals surface area (Å²) in [7, 11) is 1.61. The number of rotatable bonds is 4. The van der Waals surface area contributed by atoms with Crippen LogP contribution >= 0.6 is 0 Å². The third kappa shape index (κ3) is 2.79. The molecule has 1 aromatic carbocycles. The maximum absolute atomic E-state index is 9.09. The van der Waals surface area contributed by atoms with Crippen LogP contribution < -0.4 is 30.7 Å². The molecule has 5 N–H and O–H groups in total. The molecule has 0 saturated heterocycles. The van der Waals surface area contributed by atoms with Crippen molar-refractivity contribution in [1.29, 1.82) is 5.26 Å². The number of nitrogen functional groups attached to an aromatic ring is 2. The van der Waals surface area contributed by atoms with Gasteiger partial charge in [0.15, 0.2) is 5.56 Å². The van der Waals surface area contributed by atoms with Crippen molar-refractivity contribution in [2.75, 3.05) is 25.2 Å². The van der Waals surface area contributed by atoms with E-state index < -0.39 is 0 Å². The van der Waals surface area contributed by atoms with Crippen molar-refractivity contribution >= 4 is 11.5 Å². The number of anilines is 2. The van der Waals surface area contributed by atoms with Gasteiger partial charge in [0.2, 0.25) is 0 Å². The van der Waals surface area contributed by atoms with Gasteiger partial charge in [-0.3, -0.25) is 5.73 Å². The molecule has 118 valence electrons. The van der Waals surface area contributed by atoms with Crippen LogP contribution in [0.3, 0.4) is 0 Å². The molecule has 3 rings (SSSR count). The highest BCUT2D eigenvalue weighted by molar-refractivity contribution is 5.68. The third-order valence-corrected chi connectivity index (χ3v) is 3.71. The summed E-state index contributed by atoms with van der Waals surface area (Å²) >= 11 is 0. The number of nitrogens with one attached hydrogen (secondary N) is 1. The molecule has 0 saturated carbocycles. The van der Waals surface area contributed by atoms with Crippen molar-refractivity contribution in [3.05, 3.63) is 35.4 Å². The summed E-state index contributed by atoms with van der Waals surface area (Å²) < 4.78 is 16.6. The topological polar surface area (TPSA) is 118 Å². The van der Waals surface area contributed by atoms with Crippen molar-refractivity contribution in [3.63, 3.8) is 0 Å². The van der Waals surface area contributed by atoms with Crippen LogP contribution in [-0.4, -0.2) is 19.8 Å². The Hall–Kier alpha value is -3.14. The van der Waals surface area contributed by atoms with Gasteiger partial charge >= 0.3 is 0 Å². The zero-order valence-electron chi connectivity index (χ0n) is 12.6. The predicted octanol–water partition coefficient (Wildman–Crippen LogP) is 0.928. The predicted molar refractivity (Wildman–Crippen MR) is 83.1 cm³/mol. The first kappa shape index (κ1) is 14.8. The van der Waals surface area contributed by atoms with Crippen molar-refractivity contribution in [3.8, 4) is 23.4 Å². The normalized spacial score (nSPS) is 15.4. The van der Waals surface area contributed by atoms with Gasteiger partial charge in [-0.25, -0.2) is 4.98 Å². The van der Waals surface area contributed by atoms with Gasteiger partial charge in [0.1, 0.15) is 30.3 Å². The molecule has 0 radical (unpaired) electrons. The van der Waals surface area contributed by atoms with E-state index in [0.717, 1.165) is 17.1 Å². The van der Waals surface area contributed by atoms with Gasteiger partial charge in [-0.1, -0.05) is 0 Å². The molecule has 0 spiro atoms. The lowest BCUT2D eigenvalue weighted by Gasteiger charge is -2.11. The molecule has 0 amide bonds. The lowest BCUT2D eigenvalue weighted by molar-refractivity contribution is -0.377. The number of nitrogens with two attached hydrogens (primary N) is 2. The van der Waals surface area contributed by atoms with Crippen LogP contribution in [0.2, 0.25) is 0 Å². The van der Waals surface area contributed by atoms with Gasteiger partial charge in [-0.05, 0) is 24.3 Å². The second-order valence-corrected chi connectivity index (χ2v) is 5.18. The summed E-state index contributed by atoms with van der Waals surface area (Å²) in [5.74, 6) is 2.20. The molecule has 0 unspecified atom stereocenters. The molecule has 1 aromatic heterocycles. The van der Waals surface area contributed by atoms with Crippen molar-refractivity contribution in [1.82, 2.24) is 0 Å². The minimum absolute atomic E-state index is 0.195. The fourth-order valence-electron chi connectivity index (χ4n) is 2.49. The molecule has 2 aromatic rings. The monoisotopic (exact) mass is 313 g/mol. The number of benzene rings is 1. The molecule has 1 aliphatic rings. The number of aromatic nitrogens is 1. The summed E-state index contributed by atoms with van der Waals surface area (Å²) in [4.78, 5) is 2.87. The summed E-state index contributed by atoms with van der Waals surface area (Å²) in [6, 6.07) is 9.30. The Labute approximate surface area is 133 Å². The van der Waals surface area contributed by atoms with E-state index in [1.165, 1.54) is 0 Å². The zero-order chi connectivity index (χ0) is 16.4. The second-order valence-electron chi connectivity index (χ2n) is 5.18. The smallest absolute Gasteiger partial charge is 0.293 e. The first-order valence-electron chi connectivity index (χ1n) is 7.09. The molecule has 0 fully saturated rings. The molecule has 7 nitrogen and oxygen atoms in total. The first-order chi connectivity index (χ1) is 11.1. The molecule has 0 aliphatic carbocycles. The van der Waals surface area contributed by atoms with E-state index in [1.54, 1.807) is 7.11 Å². The highest BCUT2D eigenvalue weighted by Gasteiger charge is 2.32. The molecule has 1 aliphatic heterocycles. The fraction of sp³-hybridized carbons (Fsp3) is 0.250. The largest absolute Gasteiger partial charge is 0.497 e. The standard InChI is InChI=1S/C16H16N4O3/c1-21-9-2-4-10(5-3-9)22-8-11-6-12-14(18)13(7-17)15(19)20-16(12)23-11/h2-5,11H,6,8H2,1H3,(H4,18,19,20)/p+1/t11-/m0/s1. The average Bonchev–Trinajstić information content (AvgIpc) is 2.97. The Morgan fingerprint density at radius 3 is 2.65 bits per heavy atom. The van der Waals surface area contributed by atoms with Crippen LogP contribution in [0.1, 0.15) is 11.1 Å². The van der Waals surface area contributed by atoms with E-state index in [4.69, 9.17) is 30.9 Å². The first-order valence-corrected chi connectivity index (χ1v) is 7.09. The lowest BCUT2D eigenvalue weighted by atomic mass is 10.1. The molecule has 23 heavy (non-hydrogen) atoms. The van der Waals surface area contributed by atoms with E-state index in [9.17, 15) is 0 Å². The van der Waals surface area contributed by atoms with E-state index in [1.807, 2.05) is 30.3 Å². The molecular weight excluding hydrogens is 296 g/mol. The van der Waals surface area contributed by atoms with Crippen molar-refractivity contribution < 1.29 is 19.2 Å². The fourth-order valence-corrected chi connectivity index (χ4v) is 2.49. The number of nitriles is 1. The molecule has 0 bridgehead atoms. The number of methoxy groups -OCH3 is 1. The maximum Gasteiger partial charge on any atom is 0.293 e. The number of hydrogen-bond acceptors (Lipinski definition) is 6. The van der Waals surface area contributed by atoms with Crippen molar-refractivity contribution in [2.24, 2.45) is 0 Å². The Kier molecular flexibility index (Phi) is 3.81. The van der Waals surface area contributed by atoms with Crippen LogP contribution in [-0.2, 0) is 6.42 Å². The summed E-state index contributed by atoms with van der Waals surface area (Å²) in [5.41, 5.74) is 13.1. The minimum Gasteiger partial charge on any atom is -0.497 e. The molecular formula is C16H17N4O3+. The van der Waals surface area contributed by atoms with Gasteiger partial charge < -0.3 is 19.9 Å². The average molecular weight is 313 g/mol. The lowest BCUT2D eigenvalue weighted by Crippen LogP contribution is -2.24.